The van der Waals surface area contributed by atoms with Gasteiger partial charge in [-0.2, -0.15) is 0 Å². The van der Waals surface area contributed by atoms with Crippen LogP contribution in [0.15, 0.2) is 30.7 Å². The van der Waals surface area contributed by atoms with E-state index >= 15 is 0 Å². The molecule has 1 atom stereocenters. The molecule has 1 amide bonds. The van der Waals surface area contributed by atoms with Crippen molar-refractivity contribution in [2.24, 2.45) is 11.8 Å². The zero-order chi connectivity index (χ0) is 20.0. The lowest BCUT2D eigenvalue weighted by atomic mass is 9.76. The van der Waals surface area contributed by atoms with E-state index in [2.05, 4.69) is 21.1 Å². The minimum absolute atomic E-state index is 0.0353. The molecule has 0 unspecified atom stereocenters. The van der Waals surface area contributed by atoms with Crippen molar-refractivity contribution >= 4 is 17.5 Å². The number of rotatable bonds is 7. The molecule has 6 rings (SSSR count). The van der Waals surface area contributed by atoms with Crippen LogP contribution in [0.25, 0.3) is 0 Å². The SMILES string of the molecule is O=C(COc1ccc(Cl)c(F)c1)N[C@H]1CC2(n3cnc(CC4CCC4)c3)CC1C2. The summed E-state index contributed by atoms with van der Waals surface area (Å²) in [5, 5.41) is 3.14. The van der Waals surface area contributed by atoms with Gasteiger partial charge in [0.05, 0.1) is 17.0 Å². The molecule has 2 bridgehead atoms. The quantitative estimate of drug-likeness (QED) is 0.738. The monoisotopic (exact) mass is 417 g/mol. The number of nitrogens with zero attached hydrogens (tertiary/aromatic N) is 2. The third kappa shape index (κ3) is 3.63. The van der Waals surface area contributed by atoms with E-state index < -0.39 is 5.82 Å². The van der Waals surface area contributed by atoms with E-state index in [9.17, 15) is 9.18 Å². The molecule has 1 heterocycles. The van der Waals surface area contributed by atoms with Gasteiger partial charge in [-0.1, -0.05) is 30.9 Å². The van der Waals surface area contributed by atoms with Crippen molar-refractivity contribution in [2.45, 2.75) is 56.5 Å². The van der Waals surface area contributed by atoms with Crippen LogP contribution < -0.4 is 10.1 Å². The van der Waals surface area contributed by atoms with Gasteiger partial charge in [0, 0.05) is 23.8 Å². The summed E-state index contributed by atoms with van der Waals surface area (Å²) in [5.74, 6) is 0.885. The van der Waals surface area contributed by atoms with Gasteiger partial charge in [-0.3, -0.25) is 4.79 Å². The molecule has 0 spiro atoms. The normalized spacial score (nSPS) is 27.9. The molecule has 0 saturated heterocycles. The molecule has 4 fully saturated rings. The van der Waals surface area contributed by atoms with Crippen LogP contribution in [0, 0.1) is 17.7 Å². The molecule has 0 aliphatic heterocycles. The largest absolute Gasteiger partial charge is 0.484 e. The summed E-state index contributed by atoms with van der Waals surface area (Å²) < 4.78 is 21.2. The smallest absolute Gasteiger partial charge is 0.258 e. The number of carbonyl (C=O) groups is 1. The lowest BCUT2D eigenvalue weighted by Gasteiger charge is -2.39. The third-order valence-corrected chi connectivity index (χ3v) is 7.27. The second kappa shape index (κ2) is 7.31. The summed E-state index contributed by atoms with van der Waals surface area (Å²) in [6, 6.07) is 4.33. The fraction of sp³-hybridized carbons (Fsp3) is 0.545. The minimum Gasteiger partial charge on any atom is -0.484 e. The number of fused-ring (bicyclic) bond motifs is 1. The van der Waals surface area contributed by atoms with Gasteiger partial charge >= 0.3 is 0 Å². The number of imidazole rings is 1. The Morgan fingerprint density at radius 3 is 2.90 bits per heavy atom. The maximum atomic E-state index is 13.5. The van der Waals surface area contributed by atoms with E-state index in [1.54, 1.807) is 6.07 Å². The fourth-order valence-electron chi connectivity index (χ4n) is 5.11. The summed E-state index contributed by atoms with van der Waals surface area (Å²) in [4.78, 5) is 16.9. The highest BCUT2D eigenvalue weighted by molar-refractivity contribution is 6.30. The van der Waals surface area contributed by atoms with E-state index in [0.717, 1.165) is 31.6 Å². The van der Waals surface area contributed by atoms with Crippen LogP contribution in [-0.4, -0.2) is 28.1 Å². The van der Waals surface area contributed by atoms with Crippen LogP contribution in [0.2, 0.25) is 5.02 Å². The number of aromatic nitrogens is 2. The number of nitrogens with one attached hydrogen (secondary N) is 1. The number of hydrogen-bond donors (Lipinski definition) is 1. The fourth-order valence-corrected chi connectivity index (χ4v) is 5.23. The first kappa shape index (κ1) is 18.9. The summed E-state index contributed by atoms with van der Waals surface area (Å²) >= 11 is 5.66. The van der Waals surface area contributed by atoms with Crippen molar-refractivity contribution in [1.82, 2.24) is 14.9 Å². The zero-order valence-corrected chi connectivity index (χ0v) is 17.0. The summed E-state index contributed by atoms with van der Waals surface area (Å²) in [7, 11) is 0. The molecule has 29 heavy (non-hydrogen) atoms. The third-order valence-electron chi connectivity index (χ3n) is 6.97. The van der Waals surface area contributed by atoms with Crippen molar-refractivity contribution in [2.75, 3.05) is 6.61 Å². The van der Waals surface area contributed by atoms with E-state index in [1.165, 1.54) is 37.1 Å². The van der Waals surface area contributed by atoms with Crippen molar-refractivity contribution in [1.29, 1.82) is 0 Å². The van der Waals surface area contributed by atoms with Crippen molar-refractivity contribution < 1.29 is 13.9 Å². The number of benzene rings is 1. The number of halogens is 2. The van der Waals surface area contributed by atoms with E-state index in [4.69, 9.17) is 16.3 Å². The van der Waals surface area contributed by atoms with Crippen LogP contribution in [0.1, 0.15) is 44.2 Å². The van der Waals surface area contributed by atoms with Crippen LogP contribution in [0.5, 0.6) is 5.75 Å². The maximum absolute atomic E-state index is 13.5. The Bertz CT molecular complexity index is 921. The molecule has 154 valence electrons. The summed E-state index contributed by atoms with van der Waals surface area (Å²) in [6.45, 7) is -0.131. The number of ether oxygens (including phenoxy) is 1. The molecule has 2 aromatic rings. The topological polar surface area (TPSA) is 56.1 Å². The lowest BCUT2D eigenvalue weighted by Crippen LogP contribution is -2.41. The van der Waals surface area contributed by atoms with Gasteiger partial charge in [-0.15, -0.1) is 0 Å². The molecular weight excluding hydrogens is 393 g/mol. The second-order valence-corrected chi connectivity index (χ2v) is 9.32. The Morgan fingerprint density at radius 1 is 1.34 bits per heavy atom. The molecular formula is C22H25ClFN3O2. The Labute approximate surface area is 174 Å². The van der Waals surface area contributed by atoms with E-state index in [1.807, 2.05) is 6.33 Å². The summed E-state index contributed by atoms with van der Waals surface area (Å²) in [6.07, 6.45) is 12.4. The highest BCUT2D eigenvalue weighted by atomic mass is 35.5. The predicted molar refractivity (Wildman–Crippen MR) is 107 cm³/mol. The summed E-state index contributed by atoms with van der Waals surface area (Å²) in [5.41, 5.74) is 1.30. The van der Waals surface area contributed by atoms with Gasteiger partial charge in [-0.25, -0.2) is 9.37 Å². The first-order valence-corrected chi connectivity index (χ1v) is 10.8. The second-order valence-electron chi connectivity index (χ2n) is 8.91. The first-order valence-electron chi connectivity index (χ1n) is 10.4. The van der Waals surface area contributed by atoms with Gasteiger partial charge < -0.3 is 14.6 Å². The molecule has 5 nitrogen and oxygen atoms in total. The molecule has 4 aliphatic rings. The predicted octanol–water partition coefficient (Wildman–Crippen LogP) is 4.09. The van der Waals surface area contributed by atoms with Crippen LogP contribution in [0.4, 0.5) is 4.39 Å². The number of carbonyl (C=O) groups excluding carboxylic acids is 1. The highest BCUT2D eigenvalue weighted by Crippen LogP contribution is 2.57. The Morgan fingerprint density at radius 2 is 2.17 bits per heavy atom. The Balaban J connectivity index is 1.14. The Kier molecular flexibility index (Phi) is 4.77. The van der Waals surface area contributed by atoms with Gasteiger partial charge in [0.1, 0.15) is 11.6 Å². The minimum atomic E-state index is -0.555. The van der Waals surface area contributed by atoms with Crippen molar-refractivity contribution in [3.63, 3.8) is 0 Å². The van der Waals surface area contributed by atoms with Gasteiger partial charge in [0.15, 0.2) is 6.61 Å². The van der Waals surface area contributed by atoms with Gasteiger partial charge in [0.25, 0.3) is 5.91 Å². The molecule has 1 aromatic heterocycles. The van der Waals surface area contributed by atoms with Crippen LogP contribution in [0.3, 0.4) is 0 Å². The number of hydrogen-bond acceptors (Lipinski definition) is 3. The maximum Gasteiger partial charge on any atom is 0.258 e. The van der Waals surface area contributed by atoms with Gasteiger partial charge in [0.2, 0.25) is 0 Å². The highest BCUT2D eigenvalue weighted by Gasteiger charge is 2.57. The average Bonchev–Trinajstić information content (AvgIpc) is 3.32. The first-order chi connectivity index (χ1) is 14.0. The van der Waals surface area contributed by atoms with Gasteiger partial charge in [-0.05, 0) is 49.7 Å². The molecule has 4 saturated carbocycles. The lowest BCUT2D eigenvalue weighted by molar-refractivity contribution is -0.124. The van der Waals surface area contributed by atoms with Crippen LogP contribution in [-0.2, 0) is 16.8 Å². The van der Waals surface area contributed by atoms with E-state index in [0.29, 0.717) is 11.7 Å². The van der Waals surface area contributed by atoms with E-state index in [-0.39, 0.29) is 29.1 Å². The number of amides is 1. The zero-order valence-electron chi connectivity index (χ0n) is 16.2. The molecule has 7 heteroatoms. The van der Waals surface area contributed by atoms with Crippen molar-refractivity contribution in [3.05, 3.63) is 47.3 Å². The molecule has 1 N–H and O–H groups in total. The van der Waals surface area contributed by atoms with Crippen LogP contribution >= 0.6 is 11.6 Å². The molecule has 1 aromatic carbocycles. The Hall–Kier alpha value is -2.08. The average molecular weight is 418 g/mol. The molecule has 4 aliphatic carbocycles. The van der Waals surface area contributed by atoms with Crippen molar-refractivity contribution in [3.8, 4) is 5.75 Å². The standard InChI is InChI=1S/C22H25ClFN3O2/c23-18-5-4-17(7-19(18)24)29-12-21(28)26-20-10-22(8-15(20)9-22)27-11-16(25-13-27)6-14-2-1-3-14/h4-5,7,11,13-15,20H,1-3,6,8-10,12H2,(H,26,28)/t15?,20-,22?/m0/s1. The molecule has 0 radical (unpaired) electrons.